The minimum Gasteiger partial charge on any atom is -0.467 e. The number of methoxy groups -OCH3 is 1. The largest absolute Gasteiger partial charge is 0.467 e. The van der Waals surface area contributed by atoms with Gasteiger partial charge in [0, 0.05) is 23.8 Å². The normalized spacial score (nSPS) is 13.8. The first kappa shape index (κ1) is 13.6. The molecule has 2 heterocycles. The molecule has 0 amide bonds. The van der Waals surface area contributed by atoms with Gasteiger partial charge in [0.05, 0.1) is 19.0 Å². The number of rotatable bonds is 5. The summed E-state index contributed by atoms with van der Waals surface area (Å²) in [6, 6.07) is 3.98. The van der Waals surface area contributed by atoms with Crippen LogP contribution >= 0.6 is 11.3 Å². The number of aromatic nitrogens is 2. The minimum absolute atomic E-state index is 0.385. The third-order valence-corrected chi connectivity index (χ3v) is 3.74. The predicted molar refractivity (Wildman–Crippen MR) is 72.6 cm³/mol. The van der Waals surface area contributed by atoms with Crippen LogP contribution in [0, 0.1) is 0 Å². The Bertz CT molecular complexity index is 530. The molecule has 0 radical (unpaired) electrons. The van der Waals surface area contributed by atoms with E-state index >= 15 is 0 Å². The Morgan fingerprint density at radius 3 is 2.95 bits per heavy atom. The van der Waals surface area contributed by atoms with Crippen molar-refractivity contribution in [3.63, 3.8) is 0 Å². The molecule has 2 rings (SSSR count). The summed E-state index contributed by atoms with van der Waals surface area (Å²) >= 11 is 1.63. The topological polar surface area (TPSA) is 64.1 Å². The van der Waals surface area contributed by atoms with Crippen molar-refractivity contribution in [2.45, 2.75) is 19.0 Å². The Morgan fingerprint density at radius 1 is 1.53 bits per heavy atom. The summed E-state index contributed by atoms with van der Waals surface area (Å²) < 4.78 is 4.87. The zero-order valence-electron chi connectivity index (χ0n) is 10.8. The van der Waals surface area contributed by atoms with Gasteiger partial charge in [-0.25, -0.2) is 4.79 Å². The molecule has 100 valence electrons. The quantitative estimate of drug-likeness (QED) is 0.843. The monoisotopic (exact) mass is 277 g/mol. The number of nitrogens with one attached hydrogen (secondary N) is 1. The number of hydrogen-bond acceptors (Lipinski definition) is 6. The van der Waals surface area contributed by atoms with Gasteiger partial charge in [0.25, 0.3) is 0 Å². The summed E-state index contributed by atoms with van der Waals surface area (Å²) in [6.45, 7) is 2.32. The molecule has 6 heteroatoms. The fraction of sp³-hybridized carbons (Fsp3) is 0.308. The molecule has 0 aliphatic heterocycles. The maximum Gasteiger partial charge on any atom is 0.332 e. The summed E-state index contributed by atoms with van der Waals surface area (Å²) in [5.74, 6) is -0.385. The molecule has 0 spiro atoms. The highest BCUT2D eigenvalue weighted by molar-refractivity contribution is 7.09. The molecule has 0 aromatic carbocycles. The SMILES string of the molecule is COC(=O)C(C)(NCc1cccs1)c1cnccn1. The van der Waals surface area contributed by atoms with Crippen LogP contribution in [0.2, 0.25) is 0 Å². The van der Waals surface area contributed by atoms with E-state index in [-0.39, 0.29) is 5.97 Å². The minimum atomic E-state index is -1.01. The molecule has 0 saturated carbocycles. The smallest absolute Gasteiger partial charge is 0.332 e. The second-order valence-corrected chi connectivity index (χ2v) is 5.17. The molecule has 0 bridgehead atoms. The molecule has 0 aliphatic carbocycles. The first-order valence-corrected chi connectivity index (χ1v) is 6.67. The lowest BCUT2D eigenvalue weighted by molar-refractivity contribution is -0.148. The van der Waals surface area contributed by atoms with Crippen molar-refractivity contribution in [2.75, 3.05) is 7.11 Å². The predicted octanol–water partition coefficient (Wildman–Crippen LogP) is 1.72. The van der Waals surface area contributed by atoms with Gasteiger partial charge in [-0.15, -0.1) is 11.3 Å². The summed E-state index contributed by atoms with van der Waals surface area (Å²) in [4.78, 5) is 21.4. The number of hydrogen-bond donors (Lipinski definition) is 1. The van der Waals surface area contributed by atoms with E-state index in [9.17, 15) is 4.79 Å². The van der Waals surface area contributed by atoms with Crippen LogP contribution in [0.15, 0.2) is 36.1 Å². The van der Waals surface area contributed by atoms with Gasteiger partial charge in [0.2, 0.25) is 0 Å². The van der Waals surface area contributed by atoms with E-state index in [0.717, 1.165) is 4.88 Å². The van der Waals surface area contributed by atoms with Crippen LogP contribution in [0.3, 0.4) is 0 Å². The number of nitrogens with zero attached hydrogens (tertiary/aromatic N) is 2. The first-order chi connectivity index (χ1) is 9.16. The molecule has 5 nitrogen and oxygen atoms in total. The molecule has 1 atom stereocenters. The Hall–Kier alpha value is -1.79. The van der Waals surface area contributed by atoms with Gasteiger partial charge in [-0.2, -0.15) is 0 Å². The van der Waals surface area contributed by atoms with E-state index in [2.05, 4.69) is 15.3 Å². The molecule has 0 saturated heterocycles. The van der Waals surface area contributed by atoms with Crippen molar-refractivity contribution in [1.29, 1.82) is 0 Å². The lowest BCUT2D eigenvalue weighted by Gasteiger charge is -2.26. The fourth-order valence-corrected chi connectivity index (χ4v) is 2.35. The number of esters is 1. The maximum atomic E-state index is 12.0. The van der Waals surface area contributed by atoms with Crippen molar-refractivity contribution in [2.24, 2.45) is 0 Å². The summed E-state index contributed by atoms with van der Waals surface area (Å²) in [5, 5.41) is 5.19. The van der Waals surface area contributed by atoms with Crippen LogP contribution in [0.5, 0.6) is 0 Å². The third kappa shape index (κ3) is 2.97. The average Bonchev–Trinajstić information content (AvgIpc) is 2.98. The van der Waals surface area contributed by atoms with Crippen LogP contribution in [0.25, 0.3) is 0 Å². The number of carbonyl (C=O) groups excluding carboxylic acids is 1. The van der Waals surface area contributed by atoms with E-state index in [1.54, 1.807) is 36.9 Å². The highest BCUT2D eigenvalue weighted by Crippen LogP contribution is 2.21. The van der Waals surface area contributed by atoms with E-state index in [0.29, 0.717) is 12.2 Å². The summed E-state index contributed by atoms with van der Waals surface area (Å²) in [6.07, 6.45) is 4.70. The zero-order chi connectivity index (χ0) is 13.7. The van der Waals surface area contributed by atoms with Crippen LogP contribution in [-0.4, -0.2) is 23.0 Å². The Morgan fingerprint density at radius 2 is 2.37 bits per heavy atom. The number of thiophene rings is 1. The highest BCUT2D eigenvalue weighted by Gasteiger charge is 2.37. The number of ether oxygens (including phenoxy) is 1. The van der Waals surface area contributed by atoms with E-state index in [4.69, 9.17) is 4.74 Å². The molecule has 0 aliphatic rings. The van der Waals surface area contributed by atoms with E-state index in [1.807, 2.05) is 17.5 Å². The number of carbonyl (C=O) groups is 1. The molecule has 19 heavy (non-hydrogen) atoms. The molecule has 2 aromatic rings. The van der Waals surface area contributed by atoms with E-state index in [1.165, 1.54) is 7.11 Å². The van der Waals surface area contributed by atoms with Crippen molar-refractivity contribution in [1.82, 2.24) is 15.3 Å². The van der Waals surface area contributed by atoms with Crippen LogP contribution in [-0.2, 0) is 21.6 Å². The molecular formula is C13H15N3O2S. The van der Waals surface area contributed by atoms with Gasteiger partial charge >= 0.3 is 5.97 Å². The standard InChI is InChI=1S/C13H15N3O2S/c1-13(12(17)18-2,11-9-14-5-6-15-11)16-8-10-4-3-7-19-10/h3-7,9,16H,8H2,1-2H3. The average molecular weight is 277 g/mol. The maximum absolute atomic E-state index is 12.0. The lowest BCUT2D eigenvalue weighted by Crippen LogP contribution is -2.47. The summed E-state index contributed by atoms with van der Waals surface area (Å²) in [5.41, 5.74) is -0.467. The van der Waals surface area contributed by atoms with Gasteiger partial charge < -0.3 is 4.74 Å². The molecule has 0 fully saturated rings. The Balaban J connectivity index is 2.22. The van der Waals surface area contributed by atoms with Crippen molar-refractivity contribution < 1.29 is 9.53 Å². The third-order valence-electron chi connectivity index (χ3n) is 2.87. The van der Waals surface area contributed by atoms with Gasteiger partial charge in [-0.1, -0.05) is 6.07 Å². The van der Waals surface area contributed by atoms with Crippen LogP contribution in [0.1, 0.15) is 17.5 Å². The molecule has 1 N–H and O–H groups in total. The first-order valence-electron chi connectivity index (χ1n) is 5.79. The second-order valence-electron chi connectivity index (χ2n) is 4.14. The summed E-state index contributed by atoms with van der Waals surface area (Å²) in [7, 11) is 1.36. The molecule has 1 unspecified atom stereocenters. The Labute approximate surface area is 115 Å². The van der Waals surface area contributed by atoms with Crippen LogP contribution < -0.4 is 5.32 Å². The van der Waals surface area contributed by atoms with Crippen molar-refractivity contribution in [3.8, 4) is 0 Å². The van der Waals surface area contributed by atoms with Crippen LogP contribution in [0.4, 0.5) is 0 Å². The van der Waals surface area contributed by atoms with E-state index < -0.39 is 5.54 Å². The van der Waals surface area contributed by atoms with Gasteiger partial charge in [0.1, 0.15) is 0 Å². The fourth-order valence-electron chi connectivity index (χ4n) is 1.71. The Kier molecular flexibility index (Phi) is 4.24. The van der Waals surface area contributed by atoms with Crippen molar-refractivity contribution >= 4 is 17.3 Å². The van der Waals surface area contributed by atoms with Gasteiger partial charge in [-0.05, 0) is 18.4 Å². The zero-order valence-corrected chi connectivity index (χ0v) is 11.6. The van der Waals surface area contributed by atoms with Crippen molar-refractivity contribution in [3.05, 3.63) is 46.7 Å². The van der Waals surface area contributed by atoms with Gasteiger partial charge in [0.15, 0.2) is 5.54 Å². The molecule has 2 aromatic heterocycles. The second kappa shape index (κ2) is 5.90. The lowest BCUT2D eigenvalue weighted by atomic mass is 9.98. The molecular weight excluding hydrogens is 262 g/mol. The van der Waals surface area contributed by atoms with Gasteiger partial charge in [-0.3, -0.25) is 15.3 Å². The highest BCUT2D eigenvalue weighted by atomic mass is 32.1.